The predicted octanol–water partition coefficient (Wildman–Crippen LogP) is 3.70. The van der Waals surface area contributed by atoms with Crippen LogP contribution in [0, 0.1) is 6.92 Å². The third kappa shape index (κ3) is 2.96. The Morgan fingerprint density at radius 2 is 2.11 bits per heavy atom. The van der Waals surface area contributed by atoms with Gasteiger partial charge in [0.15, 0.2) is 0 Å². The number of nitrogens with zero attached hydrogens (tertiary/aromatic N) is 2. The van der Waals surface area contributed by atoms with Crippen LogP contribution in [0.4, 0.5) is 0 Å². The van der Waals surface area contributed by atoms with E-state index in [1.54, 1.807) is 18.7 Å². The lowest BCUT2D eigenvalue weighted by molar-refractivity contribution is 0.199. The highest BCUT2D eigenvalue weighted by Gasteiger charge is 2.09. The molecule has 0 fully saturated rings. The SMILES string of the molecule is Cc1cc(Sc2ccc([C@H](C)O)cc2Br)n(C)n1. The fraction of sp³-hybridized carbons (Fsp3) is 0.308. The summed E-state index contributed by atoms with van der Waals surface area (Å²) in [6, 6.07) is 7.97. The number of hydrogen-bond donors (Lipinski definition) is 1. The van der Waals surface area contributed by atoms with E-state index >= 15 is 0 Å². The molecule has 18 heavy (non-hydrogen) atoms. The Balaban J connectivity index is 2.27. The van der Waals surface area contributed by atoms with Crippen molar-refractivity contribution in [3.05, 3.63) is 40.0 Å². The molecule has 2 aromatic rings. The second kappa shape index (κ2) is 5.47. The summed E-state index contributed by atoms with van der Waals surface area (Å²) in [5, 5.41) is 15.0. The fourth-order valence-corrected chi connectivity index (χ4v) is 3.21. The first-order valence-corrected chi connectivity index (χ1v) is 7.24. The van der Waals surface area contributed by atoms with Crippen LogP contribution in [-0.2, 0) is 7.05 Å². The zero-order chi connectivity index (χ0) is 13.3. The van der Waals surface area contributed by atoms with Gasteiger partial charge < -0.3 is 5.11 Å². The topological polar surface area (TPSA) is 38.0 Å². The Bertz CT molecular complexity index is 566. The lowest BCUT2D eigenvalue weighted by Gasteiger charge is -2.09. The molecule has 1 aromatic heterocycles. The van der Waals surface area contributed by atoms with Crippen molar-refractivity contribution in [3.8, 4) is 0 Å². The zero-order valence-electron chi connectivity index (χ0n) is 10.5. The molecule has 2 rings (SSSR count). The van der Waals surface area contributed by atoms with Crippen LogP contribution in [0.1, 0.15) is 24.3 Å². The van der Waals surface area contributed by atoms with Crippen LogP contribution in [0.3, 0.4) is 0 Å². The van der Waals surface area contributed by atoms with Crippen molar-refractivity contribution >= 4 is 27.7 Å². The summed E-state index contributed by atoms with van der Waals surface area (Å²) in [5.74, 6) is 0. The van der Waals surface area contributed by atoms with Crippen LogP contribution >= 0.6 is 27.7 Å². The summed E-state index contributed by atoms with van der Waals surface area (Å²) >= 11 is 5.20. The molecule has 0 aliphatic rings. The molecule has 96 valence electrons. The molecule has 3 nitrogen and oxygen atoms in total. The highest BCUT2D eigenvalue weighted by Crippen LogP contribution is 2.35. The van der Waals surface area contributed by atoms with E-state index in [4.69, 9.17) is 0 Å². The Labute approximate surface area is 119 Å². The zero-order valence-corrected chi connectivity index (χ0v) is 12.9. The Hall–Kier alpha value is -0.780. The molecule has 0 amide bonds. The minimum absolute atomic E-state index is 0.445. The number of aliphatic hydroxyl groups is 1. The van der Waals surface area contributed by atoms with Gasteiger partial charge in [-0.15, -0.1) is 0 Å². The van der Waals surface area contributed by atoms with Gasteiger partial charge in [-0.2, -0.15) is 5.10 Å². The van der Waals surface area contributed by atoms with Crippen molar-refractivity contribution < 1.29 is 5.11 Å². The van der Waals surface area contributed by atoms with E-state index in [-0.39, 0.29) is 0 Å². The minimum atomic E-state index is -0.445. The average Bonchev–Trinajstić information content (AvgIpc) is 2.60. The lowest BCUT2D eigenvalue weighted by Crippen LogP contribution is -1.93. The van der Waals surface area contributed by atoms with E-state index in [1.165, 1.54) is 0 Å². The van der Waals surface area contributed by atoms with Gasteiger partial charge in [-0.1, -0.05) is 17.8 Å². The van der Waals surface area contributed by atoms with Gasteiger partial charge in [0.2, 0.25) is 0 Å². The van der Waals surface area contributed by atoms with Crippen molar-refractivity contribution in [2.24, 2.45) is 7.05 Å². The van der Waals surface area contributed by atoms with Crippen molar-refractivity contribution in [2.75, 3.05) is 0 Å². The summed E-state index contributed by atoms with van der Waals surface area (Å²) in [6.45, 7) is 3.74. The maximum absolute atomic E-state index is 9.53. The summed E-state index contributed by atoms with van der Waals surface area (Å²) < 4.78 is 2.86. The number of hydrogen-bond acceptors (Lipinski definition) is 3. The number of benzene rings is 1. The van der Waals surface area contributed by atoms with Gasteiger partial charge in [-0.3, -0.25) is 4.68 Å². The number of halogens is 1. The van der Waals surface area contributed by atoms with Gasteiger partial charge >= 0.3 is 0 Å². The van der Waals surface area contributed by atoms with Gasteiger partial charge in [0.25, 0.3) is 0 Å². The largest absolute Gasteiger partial charge is 0.389 e. The van der Waals surface area contributed by atoms with Crippen molar-refractivity contribution in [2.45, 2.75) is 29.9 Å². The molecule has 0 spiro atoms. The van der Waals surface area contributed by atoms with E-state index in [1.807, 2.05) is 36.9 Å². The first kappa shape index (κ1) is 13.6. The van der Waals surface area contributed by atoms with Crippen molar-refractivity contribution in [1.29, 1.82) is 0 Å². The molecule has 0 saturated heterocycles. The minimum Gasteiger partial charge on any atom is -0.389 e. The third-order valence-corrected chi connectivity index (χ3v) is 4.70. The number of aliphatic hydroxyl groups excluding tert-OH is 1. The van der Waals surface area contributed by atoms with Crippen LogP contribution in [0.15, 0.2) is 38.7 Å². The smallest absolute Gasteiger partial charge is 0.0987 e. The molecule has 5 heteroatoms. The van der Waals surface area contributed by atoms with E-state index in [9.17, 15) is 5.11 Å². The molecular weight excluding hydrogens is 312 g/mol. The number of aromatic nitrogens is 2. The third-order valence-electron chi connectivity index (χ3n) is 2.61. The summed E-state index contributed by atoms with van der Waals surface area (Å²) in [4.78, 5) is 1.11. The molecule has 1 heterocycles. The lowest BCUT2D eigenvalue weighted by atomic mass is 10.1. The maximum atomic E-state index is 9.53. The Morgan fingerprint density at radius 1 is 1.39 bits per heavy atom. The second-order valence-electron chi connectivity index (χ2n) is 4.22. The monoisotopic (exact) mass is 326 g/mol. The van der Waals surface area contributed by atoms with Crippen LogP contribution in [0.25, 0.3) is 0 Å². The fourth-order valence-electron chi connectivity index (χ4n) is 1.65. The van der Waals surface area contributed by atoms with E-state index in [2.05, 4.69) is 27.1 Å². The van der Waals surface area contributed by atoms with Crippen molar-refractivity contribution in [1.82, 2.24) is 9.78 Å². The first-order valence-electron chi connectivity index (χ1n) is 5.63. The number of rotatable bonds is 3. The Morgan fingerprint density at radius 3 is 2.61 bits per heavy atom. The van der Waals surface area contributed by atoms with Gasteiger partial charge in [-0.25, -0.2) is 0 Å². The van der Waals surface area contributed by atoms with Crippen LogP contribution < -0.4 is 0 Å². The van der Waals surface area contributed by atoms with Gasteiger partial charge in [0.05, 0.1) is 16.8 Å². The summed E-state index contributed by atoms with van der Waals surface area (Å²) in [5.41, 5.74) is 1.92. The molecule has 0 aliphatic carbocycles. The standard InChI is InChI=1S/C13H15BrN2OS/c1-8-6-13(16(3)15-8)18-12-5-4-10(9(2)17)7-11(12)14/h4-7,9,17H,1-3H3/t9-/m0/s1. The maximum Gasteiger partial charge on any atom is 0.0987 e. The van der Waals surface area contributed by atoms with Gasteiger partial charge in [0.1, 0.15) is 0 Å². The normalized spacial score (nSPS) is 12.7. The molecule has 1 N–H and O–H groups in total. The van der Waals surface area contributed by atoms with E-state index in [0.717, 1.165) is 25.7 Å². The summed E-state index contributed by atoms with van der Waals surface area (Å²) in [6.07, 6.45) is -0.445. The van der Waals surface area contributed by atoms with Crippen LogP contribution in [-0.4, -0.2) is 14.9 Å². The Kier molecular flexibility index (Phi) is 4.14. The van der Waals surface area contributed by atoms with Crippen LogP contribution in [0.2, 0.25) is 0 Å². The highest BCUT2D eigenvalue weighted by molar-refractivity contribution is 9.10. The molecule has 0 radical (unpaired) electrons. The predicted molar refractivity (Wildman–Crippen MR) is 76.8 cm³/mol. The van der Waals surface area contributed by atoms with Gasteiger partial charge in [0, 0.05) is 16.4 Å². The van der Waals surface area contributed by atoms with E-state index in [0.29, 0.717) is 0 Å². The average molecular weight is 327 g/mol. The molecule has 0 unspecified atom stereocenters. The highest BCUT2D eigenvalue weighted by atomic mass is 79.9. The first-order chi connectivity index (χ1) is 8.47. The molecule has 1 aromatic carbocycles. The summed E-state index contributed by atoms with van der Waals surface area (Å²) in [7, 11) is 1.94. The molecular formula is C13H15BrN2OS. The van der Waals surface area contributed by atoms with Crippen molar-refractivity contribution in [3.63, 3.8) is 0 Å². The molecule has 0 aliphatic heterocycles. The molecule has 0 saturated carbocycles. The molecule has 1 atom stereocenters. The van der Waals surface area contributed by atoms with E-state index < -0.39 is 6.10 Å². The second-order valence-corrected chi connectivity index (χ2v) is 6.13. The quantitative estimate of drug-likeness (QED) is 0.934. The molecule has 0 bridgehead atoms. The van der Waals surface area contributed by atoms with Gasteiger partial charge in [-0.05, 0) is 53.5 Å². The van der Waals surface area contributed by atoms with Crippen LogP contribution in [0.5, 0.6) is 0 Å². The number of aryl methyl sites for hydroxylation is 2.